The van der Waals surface area contributed by atoms with Crippen LogP contribution in [0.4, 0.5) is 0 Å². The molecular formula is C27H22N2O5. The number of hydrogen-bond donors (Lipinski definition) is 1. The lowest BCUT2D eigenvalue weighted by molar-refractivity contribution is 0.0734. The average molecular weight is 454 g/mol. The number of nitrogens with one attached hydrogen (secondary N) is 1. The number of benzene rings is 4. The van der Waals surface area contributed by atoms with E-state index in [1.54, 1.807) is 48.5 Å². The summed E-state index contributed by atoms with van der Waals surface area (Å²) in [6.45, 7) is 0. The van der Waals surface area contributed by atoms with Crippen LogP contribution in [0.1, 0.15) is 26.3 Å². The van der Waals surface area contributed by atoms with Gasteiger partial charge >= 0.3 is 5.97 Å². The molecule has 170 valence electrons. The molecule has 7 nitrogen and oxygen atoms in total. The molecule has 0 radical (unpaired) electrons. The van der Waals surface area contributed by atoms with E-state index < -0.39 is 11.9 Å². The molecule has 0 unspecified atom stereocenters. The molecule has 34 heavy (non-hydrogen) atoms. The van der Waals surface area contributed by atoms with Crippen LogP contribution in [-0.4, -0.2) is 32.3 Å². The molecule has 0 aliphatic rings. The summed E-state index contributed by atoms with van der Waals surface area (Å²) in [7, 11) is 3.02. The summed E-state index contributed by atoms with van der Waals surface area (Å²) in [5.74, 6) is 0.364. The molecular weight excluding hydrogens is 432 g/mol. The molecule has 4 rings (SSSR count). The molecule has 0 spiro atoms. The third-order valence-corrected chi connectivity index (χ3v) is 5.15. The number of amides is 1. The Kier molecular flexibility index (Phi) is 6.84. The van der Waals surface area contributed by atoms with Crippen molar-refractivity contribution in [3.05, 3.63) is 102 Å². The smallest absolute Gasteiger partial charge is 0.343 e. The summed E-state index contributed by atoms with van der Waals surface area (Å²) >= 11 is 0. The van der Waals surface area contributed by atoms with E-state index >= 15 is 0 Å². The van der Waals surface area contributed by atoms with Gasteiger partial charge in [0.1, 0.15) is 5.75 Å². The zero-order valence-corrected chi connectivity index (χ0v) is 18.6. The Balaban J connectivity index is 1.60. The van der Waals surface area contributed by atoms with Gasteiger partial charge in [-0.3, -0.25) is 4.79 Å². The highest BCUT2D eigenvalue weighted by molar-refractivity contribution is 6.04. The van der Waals surface area contributed by atoms with E-state index in [0.29, 0.717) is 33.9 Å². The molecule has 0 saturated carbocycles. The number of fused-ring (bicyclic) bond motifs is 1. The van der Waals surface area contributed by atoms with Crippen LogP contribution in [0.3, 0.4) is 0 Å². The maximum Gasteiger partial charge on any atom is 0.343 e. The van der Waals surface area contributed by atoms with Crippen molar-refractivity contribution < 1.29 is 23.8 Å². The lowest BCUT2D eigenvalue weighted by Crippen LogP contribution is -2.18. The van der Waals surface area contributed by atoms with Gasteiger partial charge in [-0.25, -0.2) is 10.2 Å². The number of rotatable bonds is 7. The number of carbonyl (C=O) groups is 2. The quantitative estimate of drug-likeness (QED) is 0.187. The molecule has 0 bridgehead atoms. The highest BCUT2D eigenvalue weighted by Crippen LogP contribution is 2.28. The van der Waals surface area contributed by atoms with E-state index in [2.05, 4.69) is 10.5 Å². The highest BCUT2D eigenvalue weighted by Gasteiger charge is 2.14. The van der Waals surface area contributed by atoms with Crippen LogP contribution in [-0.2, 0) is 0 Å². The predicted octanol–water partition coefficient (Wildman–Crippen LogP) is 4.84. The maximum atomic E-state index is 12.6. The number of methoxy groups -OCH3 is 2. The van der Waals surface area contributed by atoms with Gasteiger partial charge in [0.2, 0.25) is 0 Å². The Hall–Kier alpha value is -4.65. The number of nitrogens with zero attached hydrogens (tertiary/aromatic N) is 1. The van der Waals surface area contributed by atoms with Gasteiger partial charge in [-0.1, -0.05) is 48.5 Å². The summed E-state index contributed by atoms with van der Waals surface area (Å²) in [4.78, 5) is 25.2. The van der Waals surface area contributed by atoms with Crippen molar-refractivity contribution in [2.45, 2.75) is 0 Å². The Morgan fingerprint density at radius 2 is 1.47 bits per heavy atom. The van der Waals surface area contributed by atoms with E-state index in [1.165, 1.54) is 20.4 Å². The second kappa shape index (κ2) is 10.3. The second-order valence-electron chi connectivity index (χ2n) is 7.22. The summed E-state index contributed by atoms with van der Waals surface area (Å²) in [5, 5.41) is 5.88. The Labute approximate surface area is 196 Å². The van der Waals surface area contributed by atoms with Crippen LogP contribution in [0.15, 0.2) is 90.0 Å². The molecule has 4 aromatic rings. The van der Waals surface area contributed by atoms with Gasteiger partial charge < -0.3 is 14.2 Å². The van der Waals surface area contributed by atoms with Gasteiger partial charge in [0.15, 0.2) is 11.5 Å². The van der Waals surface area contributed by atoms with Crippen molar-refractivity contribution in [2.75, 3.05) is 14.2 Å². The minimum absolute atomic E-state index is 0.330. The first-order valence-corrected chi connectivity index (χ1v) is 10.4. The van der Waals surface area contributed by atoms with Crippen LogP contribution in [0.2, 0.25) is 0 Å². The van der Waals surface area contributed by atoms with Crippen LogP contribution in [0.5, 0.6) is 17.2 Å². The van der Waals surface area contributed by atoms with E-state index in [1.807, 2.05) is 36.4 Å². The number of ether oxygens (including phenoxy) is 3. The normalized spacial score (nSPS) is 10.8. The molecule has 0 heterocycles. The largest absolute Gasteiger partial charge is 0.493 e. The third kappa shape index (κ3) is 4.88. The molecule has 4 aromatic carbocycles. The van der Waals surface area contributed by atoms with Gasteiger partial charge in [0, 0.05) is 11.1 Å². The SMILES string of the molecule is COc1ccc(C(=O)N/N=C\c2c(OC(=O)c3ccccc3)ccc3ccccc23)cc1OC. The summed E-state index contributed by atoms with van der Waals surface area (Å²) in [5.41, 5.74) is 3.85. The van der Waals surface area contributed by atoms with Gasteiger partial charge in [-0.2, -0.15) is 5.10 Å². The van der Waals surface area contributed by atoms with E-state index in [9.17, 15) is 9.59 Å². The first kappa shape index (κ1) is 22.5. The fraction of sp³-hybridized carbons (Fsp3) is 0.0741. The molecule has 1 N–H and O–H groups in total. The first-order chi connectivity index (χ1) is 16.6. The fourth-order valence-corrected chi connectivity index (χ4v) is 3.43. The van der Waals surface area contributed by atoms with Crippen molar-refractivity contribution in [3.63, 3.8) is 0 Å². The first-order valence-electron chi connectivity index (χ1n) is 10.4. The van der Waals surface area contributed by atoms with E-state index in [4.69, 9.17) is 14.2 Å². The third-order valence-electron chi connectivity index (χ3n) is 5.15. The lowest BCUT2D eigenvalue weighted by Gasteiger charge is -2.11. The highest BCUT2D eigenvalue weighted by atomic mass is 16.5. The number of hydrazone groups is 1. The molecule has 7 heteroatoms. The van der Waals surface area contributed by atoms with Crippen molar-refractivity contribution in [3.8, 4) is 17.2 Å². The molecule has 0 saturated heterocycles. The Morgan fingerprint density at radius 3 is 2.24 bits per heavy atom. The maximum absolute atomic E-state index is 12.6. The van der Waals surface area contributed by atoms with Gasteiger partial charge in [-0.15, -0.1) is 0 Å². The Bertz CT molecular complexity index is 1370. The summed E-state index contributed by atoms with van der Waals surface area (Å²) in [6.07, 6.45) is 1.47. The van der Waals surface area contributed by atoms with Gasteiger partial charge in [0.25, 0.3) is 5.91 Å². The van der Waals surface area contributed by atoms with Crippen LogP contribution in [0, 0.1) is 0 Å². The van der Waals surface area contributed by atoms with Crippen LogP contribution >= 0.6 is 0 Å². The lowest BCUT2D eigenvalue weighted by atomic mass is 10.0. The average Bonchev–Trinajstić information content (AvgIpc) is 2.89. The summed E-state index contributed by atoms with van der Waals surface area (Å²) in [6, 6.07) is 24.7. The topological polar surface area (TPSA) is 86.2 Å². The molecule has 0 fully saturated rings. The van der Waals surface area contributed by atoms with Crippen LogP contribution in [0.25, 0.3) is 10.8 Å². The minimum atomic E-state index is -0.486. The van der Waals surface area contributed by atoms with Crippen molar-refractivity contribution in [1.29, 1.82) is 0 Å². The minimum Gasteiger partial charge on any atom is -0.493 e. The zero-order chi connectivity index (χ0) is 23.9. The Morgan fingerprint density at radius 1 is 0.765 bits per heavy atom. The van der Waals surface area contributed by atoms with Gasteiger partial charge in [-0.05, 0) is 47.2 Å². The number of carbonyl (C=O) groups excluding carboxylic acids is 2. The van der Waals surface area contributed by atoms with Gasteiger partial charge in [0.05, 0.1) is 26.0 Å². The fourth-order valence-electron chi connectivity index (χ4n) is 3.43. The standard InChI is InChI=1S/C27H22N2O5/c1-32-24-15-13-20(16-25(24)33-2)26(30)29-28-17-22-21-11-7-6-8-18(21)12-14-23(22)34-27(31)19-9-4-3-5-10-19/h3-17H,1-2H3,(H,29,30)/b28-17-. The van der Waals surface area contributed by atoms with Crippen LogP contribution < -0.4 is 19.6 Å². The molecule has 0 atom stereocenters. The van der Waals surface area contributed by atoms with Crippen molar-refractivity contribution in [1.82, 2.24) is 5.43 Å². The van der Waals surface area contributed by atoms with Crippen molar-refractivity contribution in [2.24, 2.45) is 5.10 Å². The van der Waals surface area contributed by atoms with Crippen molar-refractivity contribution >= 4 is 28.9 Å². The molecule has 0 aliphatic heterocycles. The number of hydrogen-bond acceptors (Lipinski definition) is 6. The predicted molar refractivity (Wildman–Crippen MR) is 130 cm³/mol. The van der Waals surface area contributed by atoms with E-state index in [-0.39, 0.29) is 0 Å². The summed E-state index contributed by atoms with van der Waals surface area (Å²) < 4.78 is 16.1. The molecule has 0 aromatic heterocycles. The monoisotopic (exact) mass is 454 g/mol. The number of esters is 1. The zero-order valence-electron chi connectivity index (χ0n) is 18.6. The second-order valence-corrected chi connectivity index (χ2v) is 7.22. The molecule has 0 aliphatic carbocycles. The molecule has 1 amide bonds. The van der Waals surface area contributed by atoms with E-state index in [0.717, 1.165) is 10.8 Å².